The van der Waals surface area contributed by atoms with Crippen LogP contribution in [0.5, 0.6) is 23.0 Å². The maximum atomic E-state index is 12.3. The Morgan fingerprint density at radius 2 is 1.48 bits per heavy atom. The number of phenolic OH excluding ortho intramolecular Hbond substituents is 1. The highest BCUT2D eigenvalue weighted by molar-refractivity contribution is 6.02. The average Bonchev–Trinajstić information content (AvgIpc) is 2.65. The van der Waals surface area contributed by atoms with Crippen LogP contribution in [0.1, 0.15) is 20.7 Å². The van der Waals surface area contributed by atoms with Crippen LogP contribution in [-0.2, 0) is 4.74 Å². The van der Waals surface area contributed by atoms with Crippen molar-refractivity contribution < 1.29 is 33.6 Å². The highest BCUT2D eigenvalue weighted by Gasteiger charge is 2.19. The van der Waals surface area contributed by atoms with Gasteiger partial charge < -0.3 is 24.1 Å². The number of rotatable bonds is 7. The number of benzene rings is 2. The lowest BCUT2D eigenvalue weighted by Crippen LogP contribution is -2.15. The number of aromatic hydroxyl groups is 1. The smallest absolute Gasteiger partial charge is 0.342 e. The Morgan fingerprint density at radius 3 is 2.08 bits per heavy atom. The van der Waals surface area contributed by atoms with Crippen molar-refractivity contribution in [2.75, 3.05) is 27.9 Å². The second-order valence-corrected chi connectivity index (χ2v) is 4.95. The van der Waals surface area contributed by atoms with E-state index in [1.165, 1.54) is 45.6 Å². The minimum absolute atomic E-state index is 0.0928. The number of Topliss-reactive ketones (excluding diaryl/α,β-unsaturated/α-hetero) is 1. The van der Waals surface area contributed by atoms with Gasteiger partial charge in [-0.3, -0.25) is 4.79 Å². The maximum Gasteiger partial charge on any atom is 0.342 e. The lowest BCUT2D eigenvalue weighted by Gasteiger charge is -2.11. The minimum atomic E-state index is -0.841. The summed E-state index contributed by atoms with van der Waals surface area (Å²) < 4.78 is 20.2. The van der Waals surface area contributed by atoms with Crippen LogP contribution >= 0.6 is 0 Å². The van der Waals surface area contributed by atoms with Crippen LogP contribution in [0.15, 0.2) is 36.4 Å². The van der Waals surface area contributed by atoms with E-state index in [1.54, 1.807) is 12.1 Å². The fourth-order valence-corrected chi connectivity index (χ4v) is 2.12. The fraction of sp³-hybridized carbons (Fsp3) is 0.222. The van der Waals surface area contributed by atoms with E-state index in [9.17, 15) is 14.7 Å². The molecule has 0 saturated carbocycles. The monoisotopic (exact) mass is 346 g/mol. The molecule has 0 aliphatic carbocycles. The first kappa shape index (κ1) is 18.1. The van der Waals surface area contributed by atoms with E-state index in [0.29, 0.717) is 17.2 Å². The van der Waals surface area contributed by atoms with Gasteiger partial charge >= 0.3 is 5.97 Å². The van der Waals surface area contributed by atoms with Crippen LogP contribution in [0.25, 0.3) is 0 Å². The number of esters is 1. The third-order valence-electron chi connectivity index (χ3n) is 3.47. The Bertz CT molecular complexity index is 783. The molecule has 0 atom stereocenters. The third-order valence-corrected chi connectivity index (χ3v) is 3.47. The van der Waals surface area contributed by atoms with E-state index in [2.05, 4.69) is 0 Å². The largest absolute Gasteiger partial charge is 0.507 e. The third kappa shape index (κ3) is 4.20. The predicted molar refractivity (Wildman–Crippen MR) is 88.8 cm³/mol. The number of ether oxygens (including phenoxy) is 4. The minimum Gasteiger partial charge on any atom is -0.507 e. The molecule has 0 amide bonds. The standard InChI is InChI=1S/C18H18O7/c1-22-11-4-6-15(19)14(9-11)18(21)25-10-16(20)13-8-12(23-2)5-7-17(13)24-3/h4-9,19H,10H2,1-3H3. The predicted octanol–water partition coefficient (Wildman–Crippen LogP) is 2.46. The zero-order chi connectivity index (χ0) is 18.4. The molecule has 1 N–H and O–H groups in total. The molecule has 25 heavy (non-hydrogen) atoms. The summed E-state index contributed by atoms with van der Waals surface area (Å²) in [5.41, 5.74) is 0.134. The summed E-state index contributed by atoms with van der Waals surface area (Å²) in [6, 6.07) is 8.87. The zero-order valence-electron chi connectivity index (χ0n) is 14.1. The Balaban J connectivity index is 2.13. The van der Waals surface area contributed by atoms with Crippen molar-refractivity contribution in [3.05, 3.63) is 47.5 Å². The number of hydrogen-bond donors (Lipinski definition) is 1. The zero-order valence-corrected chi connectivity index (χ0v) is 14.1. The first-order chi connectivity index (χ1) is 12.0. The fourth-order valence-electron chi connectivity index (χ4n) is 2.12. The van der Waals surface area contributed by atoms with E-state index < -0.39 is 18.4 Å². The van der Waals surface area contributed by atoms with Crippen molar-refractivity contribution in [3.8, 4) is 23.0 Å². The van der Waals surface area contributed by atoms with E-state index >= 15 is 0 Å². The van der Waals surface area contributed by atoms with Crippen molar-refractivity contribution >= 4 is 11.8 Å². The van der Waals surface area contributed by atoms with Gasteiger partial charge in [0.2, 0.25) is 5.78 Å². The van der Waals surface area contributed by atoms with Crippen molar-refractivity contribution in [2.45, 2.75) is 0 Å². The van der Waals surface area contributed by atoms with Crippen LogP contribution in [0.4, 0.5) is 0 Å². The SMILES string of the molecule is COc1ccc(O)c(C(=O)OCC(=O)c2cc(OC)ccc2OC)c1. The van der Waals surface area contributed by atoms with Gasteiger partial charge in [0.1, 0.15) is 28.6 Å². The summed E-state index contributed by atoms with van der Waals surface area (Å²) in [6.07, 6.45) is 0. The van der Waals surface area contributed by atoms with E-state index in [0.717, 1.165) is 0 Å². The molecule has 7 heteroatoms. The van der Waals surface area contributed by atoms with Gasteiger partial charge in [-0.15, -0.1) is 0 Å². The summed E-state index contributed by atoms with van der Waals surface area (Å²) in [7, 11) is 4.33. The van der Waals surface area contributed by atoms with E-state index in [4.69, 9.17) is 18.9 Å². The molecule has 0 saturated heterocycles. The number of carbonyl (C=O) groups is 2. The number of phenols is 1. The Hall–Kier alpha value is -3.22. The molecule has 0 radical (unpaired) electrons. The quantitative estimate of drug-likeness (QED) is 0.608. The summed E-state index contributed by atoms with van der Waals surface area (Å²) in [6.45, 7) is -0.515. The molecule has 0 fully saturated rings. The summed E-state index contributed by atoms with van der Waals surface area (Å²) in [5, 5.41) is 9.76. The second-order valence-electron chi connectivity index (χ2n) is 4.95. The van der Waals surface area contributed by atoms with E-state index in [1.807, 2.05) is 0 Å². The van der Waals surface area contributed by atoms with Crippen molar-refractivity contribution in [1.82, 2.24) is 0 Å². The molecule has 2 aromatic rings. The molecule has 2 rings (SSSR count). The highest BCUT2D eigenvalue weighted by atomic mass is 16.5. The molecule has 0 aromatic heterocycles. The molecule has 2 aromatic carbocycles. The molecule has 0 unspecified atom stereocenters. The van der Waals surface area contributed by atoms with Crippen LogP contribution < -0.4 is 14.2 Å². The van der Waals surface area contributed by atoms with Crippen LogP contribution in [0.2, 0.25) is 0 Å². The molecular formula is C18H18O7. The van der Waals surface area contributed by atoms with Crippen molar-refractivity contribution in [1.29, 1.82) is 0 Å². The van der Waals surface area contributed by atoms with Gasteiger partial charge in [-0.2, -0.15) is 0 Å². The van der Waals surface area contributed by atoms with Crippen molar-refractivity contribution in [2.24, 2.45) is 0 Å². The number of ketones is 1. The van der Waals surface area contributed by atoms with Gasteiger partial charge in [-0.1, -0.05) is 0 Å². The molecule has 0 heterocycles. The molecular weight excluding hydrogens is 328 g/mol. The topological polar surface area (TPSA) is 91.3 Å². The van der Waals surface area contributed by atoms with Crippen LogP contribution in [0, 0.1) is 0 Å². The van der Waals surface area contributed by atoms with Gasteiger partial charge in [0.25, 0.3) is 0 Å². The average molecular weight is 346 g/mol. The van der Waals surface area contributed by atoms with Gasteiger partial charge in [-0.05, 0) is 36.4 Å². The summed E-state index contributed by atoms with van der Waals surface area (Å²) in [4.78, 5) is 24.4. The number of hydrogen-bond acceptors (Lipinski definition) is 7. The Labute approximate surface area is 144 Å². The summed E-state index contributed by atoms with van der Waals surface area (Å²) in [5.74, 6) is -0.382. The van der Waals surface area contributed by atoms with E-state index in [-0.39, 0.29) is 16.9 Å². The Kier molecular flexibility index (Phi) is 5.84. The highest BCUT2D eigenvalue weighted by Crippen LogP contribution is 2.26. The van der Waals surface area contributed by atoms with Crippen molar-refractivity contribution in [3.63, 3.8) is 0 Å². The normalized spacial score (nSPS) is 10.0. The molecule has 7 nitrogen and oxygen atoms in total. The lowest BCUT2D eigenvalue weighted by molar-refractivity contribution is 0.0470. The maximum absolute atomic E-state index is 12.3. The first-order valence-electron chi connectivity index (χ1n) is 7.29. The number of methoxy groups -OCH3 is 3. The Morgan fingerprint density at radius 1 is 0.880 bits per heavy atom. The molecule has 132 valence electrons. The van der Waals surface area contributed by atoms with Crippen LogP contribution in [0.3, 0.4) is 0 Å². The molecule has 0 bridgehead atoms. The van der Waals surface area contributed by atoms with Gasteiger partial charge in [0.15, 0.2) is 6.61 Å². The first-order valence-corrected chi connectivity index (χ1v) is 7.29. The molecule has 0 spiro atoms. The second kappa shape index (κ2) is 8.05. The van der Waals surface area contributed by atoms with Gasteiger partial charge in [0, 0.05) is 0 Å². The lowest BCUT2D eigenvalue weighted by atomic mass is 10.1. The van der Waals surface area contributed by atoms with Crippen LogP contribution in [-0.4, -0.2) is 44.8 Å². The summed E-state index contributed by atoms with van der Waals surface area (Å²) >= 11 is 0. The number of carbonyl (C=O) groups excluding carboxylic acids is 2. The molecule has 0 aliphatic rings. The molecule has 0 aliphatic heterocycles. The van der Waals surface area contributed by atoms with Gasteiger partial charge in [-0.25, -0.2) is 4.79 Å². The van der Waals surface area contributed by atoms with Gasteiger partial charge in [0.05, 0.1) is 26.9 Å².